The number of aliphatic hydroxyl groups is 1. The van der Waals surface area contributed by atoms with Gasteiger partial charge in [-0.05, 0) is 86.5 Å². The average molecular weight is 511 g/mol. The van der Waals surface area contributed by atoms with Crippen LogP contribution in [0.3, 0.4) is 0 Å². The number of methoxy groups -OCH3 is 1. The van der Waals surface area contributed by atoms with Crippen LogP contribution in [0.25, 0.3) is 10.9 Å². The van der Waals surface area contributed by atoms with Crippen LogP contribution in [0, 0.1) is 11.8 Å². The van der Waals surface area contributed by atoms with Crippen molar-refractivity contribution >= 4 is 28.6 Å². The first kappa shape index (κ1) is 26.3. The van der Waals surface area contributed by atoms with Gasteiger partial charge in [0.15, 0.2) is 5.16 Å². The number of piperidine rings is 1. The highest BCUT2D eigenvalue weighted by Crippen LogP contribution is 2.35. The minimum atomic E-state index is -0.753. The number of carbonyl (C=O) groups is 1. The number of aliphatic hydroxyl groups excluding tert-OH is 1. The molecule has 8 nitrogen and oxygen atoms in total. The molecule has 0 saturated carbocycles. The fourth-order valence-corrected chi connectivity index (χ4v) is 5.82. The molecule has 0 aliphatic carbocycles. The fourth-order valence-electron chi connectivity index (χ4n) is 5.10. The third-order valence-corrected chi connectivity index (χ3v) is 7.92. The monoisotopic (exact) mass is 510 g/mol. The second kappa shape index (κ2) is 13.0. The molecule has 1 saturated heterocycles. The van der Waals surface area contributed by atoms with Crippen LogP contribution in [0.5, 0.6) is 5.75 Å². The Morgan fingerprint density at radius 3 is 2.81 bits per heavy atom. The van der Waals surface area contributed by atoms with Gasteiger partial charge in [0.05, 0.1) is 18.7 Å². The summed E-state index contributed by atoms with van der Waals surface area (Å²) >= 11 is 1.65. The van der Waals surface area contributed by atoms with E-state index in [0.29, 0.717) is 6.42 Å². The summed E-state index contributed by atoms with van der Waals surface area (Å²) in [5.41, 5.74) is 1.66. The van der Waals surface area contributed by atoms with Crippen LogP contribution in [0.4, 0.5) is 0 Å². The second-order valence-electron chi connectivity index (χ2n) is 9.32. The number of rotatable bonds is 12. The normalized spacial score (nSPS) is 19.3. The van der Waals surface area contributed by atoms with Crippen molar-refractivity contribution in [3.63, 3.8) is 0 Å². The Kier molecular flexibility index (Phi) is 9.49. The van der Waals surface area contributed by atoms with Crippen molar-refractivity contribution < 1.29 is 19.7 Å². The number of carboxylic acid groups (broad SMARTS) is 1. The van der Waals surface area contributed by atoms with E-state index < -0.39 is 12.1 Å². The molecule has 1 fully saturated rings. The molecule has 3 heterocycles. The van der Waals surface area contributed by atoms with Crippen molar-refractivity contribution in [3.8, 4) is 5.75 Å². The first-order valence-electron chi connectivity index (χ1n) is 12.5. The largest absolute Gasteiger partial charge is 0.497 e. The van der Waals surface area contributed by atoms with Gasteiger partial charge in [-0.3, -0.25) is 9.78 Å². The van der Waals surface area contributed by atoms with Gasteiger partial charge < -0.3 is 19.8 Å². The van der Waals surface area contributed by atoms with Crippen molar-refractivity contribution in [1.29, 1.82) is 0 Å². The van der Waals surface area contributed by atoms with Gasteiger partial charge in [0, 0.05) is 42.7 Å². The first-order chi connectivity index (χ1) is 17.5. The summed E-state index contributed by atoms with van der Waals surface area (Å²) in [6, 6.07) is 9.35. The van der Waals surface area contributed by atoms with E-state index in [1.165, 1.54) is 0 Å². The molecule has 1 aromatic carbocycles. The van der Waals surface area contributed by atoms with E-state index >= 15 is 0 Å². The smallest absolute Gasteiger partial charge is 0.303 e. The molecule has 1 aliphatic heterocycles. The van der Waals surface area contributed by atoms with E-state index in [1.54, 1.807) is 37.5 Å². The molecule has 36 heavy (non-hydrogen) atoms. The molecule has 0 unspecified atom stereocenters. The van der Waals surface area contributed by atoms with Crippen molar-refractivity contribution in [2.45, 2.75) is 43.4 Å². The number of carboxylic acids is 1. The average Bonchev–Trinajstić information content (AvgIpc) is 2.90. The summed E-state index contributed by atoms with van der Waals surface area (Å²) in [5.74, 6) is 1.28. The Hall–Kier alpha value is -2.75. The minimum Gasteiger partial charge on any atom is -0.497 e. The summed E-state index contributed by atoms with van der Waals surface area (Å²) in [6.07, 6.45) is 8.09. The van der Waals surface area contributed by atoms with E-state index in [9.17, 15) is 15.0 Å². The third-order valence-electron chi connectivity index (χ3n) is 6.96. The van der Waals surface area contributed by atoms with E-state index in [0.717, 1.165) is 72.0 Å². The van der Waals surface area contributed by atoms with Crippen LogP contribution < -0.4 is 4.74 Å². The summed E-state index contributed by atoms with van der Waals surface area (Å²) in [6.45, 7) is 2.68. The maximum absolute atomic E-state index is 11.6. The van der Waals surface area contributed by atoms with E-state index in [2.05, 4.69) is 19.9 Å². The lowest BCUT2D eigenvalue weighted by Crippen LogP contribution is -2.42. The number of hydrogen-bond donors (Lipinski definition) is 2. The Labute approximate surface area is 216 Å². The quantitative estimate of drug-likeness (QED) is 0.208. The van der Waals surface area contributed by atoms with Gasteiger partial charge in [0.25, 0.3) is 0 Å². The molecular weight excluding hydrogens is 476 g/mol. The predicted octanol–water partition coefficient (Wildman–Crippen LogP) is 4.44. The Bertz CT molecular complexity index is 1130. The number of aliphatic carboxylic acids is 1. The van der Waals surface area contributed by atoms with Crippen LogP contribution in [0.2, 0.25) is 0 Å². The molecule has 192 valence electrons. The van der Waals surface area contributed by atoms with Crippen molar-refractivity contribution in [1.82, 2.24) is 19.9 Å². The molecule has 9 heteroatoms. The molecule has 2 aromatic heterocycles. The fraction of sp³-hybridized carbons (Fsp3) is 0.481. The standard InChI is InChI=1S/C27H34N4O4S/c1-35-21-5-6-24-23(17-21)22(8-12-28-24)25(32)7-4-19-9-14-31(18-20(19)16-26(33)34)13-3-15-36-27-29-10-2-11-30-27/h2,5-6,8,10-12,17,19-20,25,32H,3-4,7,9,13-16,18H2,1H3,(H,33,34)/t19-,20+,25-/m1/s1. The molecule has 0 radical (unpaired) electrons. The Morgan fingerprint density at radius 2 is 2.03 bits per heavy atom. The predicted molar refractivity (Wildman–Crippen MR) is 140 cm³/mol. The third kappa shape index (κ3) is 7.15. The molecule has 1 aliphatic rings. The van der Waals surface area contributed by atoms with Crippen molar-refractivity contribution in [2.75, 3.05) is 32.5 Å². The van der Waals surface area contributed by atoms with Gasteiger partial charge >= 0.3 is 5.97 Å². The molecule has 0 spiro atoms. The summed E-state index contributed by atoms with van der Waals surface area (Å²) in [4.78, 5) is 26.9. The number of likely N-dealkylation sites (tertiary alicyclic amines) is 1. The number of thioether (sulfide) groups is 1. The van der Waals surface area contributed by atoms with Crippen LogP contribution >= 0.6 is 11.8 Å². The molecule has 4 rings (SSSR count). The maximum atomic E-state index is 11.6. The second-order valence-corrected chi connectivity index (χ2v) is 10.4. The molecule has 2 N–H and O–H groups in total. The van der Waals surface area contributed by atoms with Crippen molar-refractivity contribution in [3.05, 3.63) is 54.5 Å². The number of nitrogens with zero attached hydrogens (tertiary/aromatic N) is 4. The van der Waals surface area contributed by atoms with Gasteiger partial charge in [-0.25, -0.2) is 9.97 Å². The SMILES string of the molecule is COc1ccc2nccc([C@H](O)CC[C@@H]3CCN(CCCSc4ncccn4)C[C@@H]3CC(=O)O)c2c1. The topological polar surface area (TPSA) is 109 Å². The lowest BCUT2D eigenvalue weighted by atomic mass is 9.79. The van der Waals surface area contributed by atoms with Crippen LogP contribution in [-0.4, -0.2) is 68.5 Å². The Balaban J connectivity index is 1.31. The zero-order valence-electron chi connectivity index (χ0n) is 20.6. The summed E-state index contributed by atoms with van der Waals surface area (Å²) in [7, 11) is 1.62. The summed E-state index contributed by atoms with van der Waals surface area (Å²) in [5, 5.41) is 22.3. The van der Waals surface area contributed by atoms with Gasteiger partial charge in [-0.2, -0.15) is 0 Å². The maximum Gasteiger partial charge on any atom is 0.303 e. The summed E-state index contributed by atoms with van der Waals surface area (Å²) < 4.78 is 5.35. The van der Waals surface area contributed by atoms with Crippen LogP contribution in [0.15, 0.2) is 54.1 Å². The molecule has 3 atom stereocenters. The zero-order chi connectivity index (χ0) is 25.3. The highest BCUT2D eigenvalue weighted by Gasteiger charge is 2.31. The highest BCUT2D eigenvalue weighted by molar-refractivity contribution is 7.99. The number of benzene rings is 1. The van der Waals surface area contributed by atoms with Gasteiger partial charge in [0.1, 0.15) is 5.75 Å². The van der Waals surface area contributed by atoms with Crippen LogP contribution in [-0.2, 0) is 4.79 Å². The lowest BCUT2D eigenvalue weighted by Gasteiger charge is -2.38. The highest BCUT2D eigenvalue weighted by atomic mass is 32.2. The minimum absolute atomic E-state index is 0.0860. The molecule has 0 bridgehead atoms. The van der Waals surface area contributed by atoms with E-state index in [-0.39, 0.29) is 18.3 Å². The van der Waals surface area contributed by atoms with E-state index in [1.807, 2.05) is 30.3 Å². The van der Waals surface area contributed by atoms with Crippen molar-refractivity contribution in [2.24, 2.45) is 11.8 Å². The molecule has 0 amide bonds. The van der Waals surface area contributed by atoms with Gasteiger partial charge in [-0.15, -0.1) is 0 Å². The first-order valence-corrected chi connectivity index (χ1v) is 13.5. The number of aromatic nitrogens is 3. The zero-order valence-corrected chi connectivity index (χ0v) is 21.4. The van der Waals surface area contributed by atoms with Gasteiger partial charge in [0.2, 0.25) is 0 Å². The number of fused-ring (bicyclic) bond motifs is 1. The van der Waals surface area contributed by atoms with Crippen LogP contribution in [0.1, 0.15) is 43.8 Å². The Morgan fingerprint density at radius 1 is 1.19 bits per heavy atom. The van der Waals surface area contributed by atoms with E-state index in [4.69, 9.17) is 4.74 Å². The lowest BCUT2D eigenvalue weighted by molar-refractivity contribution is -0.139. The number of hydrogen-bond acceptors (Lipinski definition) is 8. The van der Waals surface area contributed by atoms with Gasteiger partial charge in [-0.1, -0.05) is 11.8 Å². The number of ether oxygens (including phenoxy) is 1. The molecule has 3 aromatic rings. The number of pyridine rings is 1. The molecular formula is C27H34N4O4S.